The Morgan fingerprint density at radius 3 is 2.45 bits per heavy atom. The number of likely N-dealkylation sites (tertiary alicyclic amines) is 1. The van der Waals surface area contributed by atoms with Crippen molar-refractivity contribution < 1.29 is 24.2 Å². The van der Waals surface area contributed by atoms with Gasteiger partial charge in [0.15, 0.2) is 0 Å². The molecular weight excluding hydrogens is 506 g/mol. The molecule has 7 atom stereocenters. The molecule has 2 aromatic carbocycles. The van der Waals surface area contributed by atoms with Gasteiger partial charge in [0.05, 0.1) is 40.8 Å². The highest BCUT2D eigenvalue weighted by Gasteiger charge is 2.78. The molecule has 3 aliphatic heterocycles. The van der Waals surface area contributed by atoms with Gasteiger partial charge in [0.25, 0.3) is 0 Å². The number of anilines is 2. The van der Waals surface area contributed by atoms with E-state index in [0.29, 0.717) is 35.7 Å². The van der Waals surface area contributed by atoms with Gasteiger partial charge in [-0.05, 0) is 49.9 Å². The number of hydrogen-bond acceptors (Lipinski definition) is 5. The smallest absolute Gasteiger partial charge is 0.250 e. The molecule has 3 N–H and O–H groups in total. The summed E-state index contributed by atoms with van der Waals surface area (Å²) in [5, 5.41) is 16.6. The Morgan fingerprint density at radius 1 is 1.11 bits per heavy atom. The van der Waals surface area contributed by atoms with Crippen LogP contribution in [0.1, 0.15) is 40.0 Å². The summed E-state index contributed by atoms with van der Waals surface area (Å²) in [7, 11) is 0. The molecule has 2 aromatic rings. The first-order chi connectivity index (χ1) is 18.2. The van der Waals surface area contributed by atoms with Gasteiger partial charge < -0.3 is 25.4 Å². The summed E-state index contributed by atoms with van der Waals surface area (Å²) >= 11 is 6.34. The van der Waals surface area contributed by atoms with Gasteiger partial charge >= 0.3 is 0 Å². The lowest BCUT2D eigenvalue weighted by Crippen LogP contribution is -2.57. The van der Waals surface area contributed by atoms with E-state index >= 15 is 0 Å². The Labute approximate surface area is 227 Å². The van der Waals surface area contributed by atoms with Crippen molar-refractivity contribution in [1.82, 2.24) is 4.90 Å². The van der Waals surface area contributed by atoms with Crippen molar-refractivity contribution >= 4 is 40.7 Å². The van der Waals surface area contributed by atoms with Crippen LogP contribution in [0.2, 0.25) is 5.02 Å². The number of carbonyl (C=O) groups excluding carboxylic acids is 3. The van der Waals surface area contributed by atoms with E-state index in [0.717, 1.165) is 0 Å². The number of ether oxygens (including phenoxy) is 1. The minimum atomic E-state index is -1.20. The van der Waals surface area contributed by atoms with E-state index in [1.807, 2.05) is 39.0 Å². The topological polar surface area (TPSA) is 108 Å². The summed E-state index contributed by atoms with van der Waals surface area (Å²) in [6.07, 6.45) is 1.67. The van der Waals surface area contributed by atoms with E-state index in [4.69, 9.17) is 16.3 Å². The fourth-order valence-electron chi connectivity index (χ4n) is 6.74. The lowest BCUT2D eigenvalue weighted by molar-refractivity contribution is -0.148. The van der Waals surface area contributed by atoms with Gasteiger partial charge in [-0.2, -0.15) is 0 Å². The number of amides is 3. The van der Waals surface area contributed by atoms with E-state index in [1.54, 1.807) is 36.4 Å². The average molecular weight is 540 g/mol. The highest BCUT2D eigenvalue weighted by Crippen LogP contribution is 2.63. The summed E-state index contributed by atoms with van der Waals surface area (Å²) in [5.41, 5.74) is -1.05. The van der Waals surface area contributed by atoms with Gasteiger partial charge in [-0.1, -0.05) is 62.2 Å². The van der Waals surface area contributed by atoms with Crippen LogP contribution >= 0.6 is 11.6 Å². The van der Waals surface area contributed by atoms with Crippen molar-refractivity contribution in [2.24, 2.45) is 17.8 Å². The van der Waals surface area contributed by atoms with Gasteiger partial charge in [0.2, 0.25) is 17.7 Å². The summed E-state index contributed by atoms with van der Waals surface area (Å²) < 4.78 is 6.65. The zero-order valence-corrected chi connectivity index (χ0v) is 22.6. The van der Waals surface area contributed by atoms with Gasteiger partial charge in [-0.3, -0.25) is 14.4 Å². The van der Waals surface area contributed by atoms with Crippen LogP contribution in [-0.2, 0) is 19.1 Å². The SMILES string of the molecule is CC[C@H](C)[C@H](CO)N1C(=O)[C@@H]2[C@@H](C(=O)Nc3ccccc3)[C@@]3(C)CCC2(O3)C1C(=O)Nc1ccccc1Cl. The monoisotopic (exact) mass is 539 g/mol. The number of rotatable bonds is 8. The van der Waals surface area contributed by atoms with Crippen LogP contribution in [0, 0.1) is 17.8 Å². The van der Waals surface area contributed by atoms with E-state index < -0.39 is 41.0 Å². The molecule has 0 aliphatic carbocycles. The second-order valence-electron chi connectivity index (χ2n) is 10.9. The molecule has 0 radical (unpaired) electrons. The second-order valence-corrected chi connectivity index (χ2v) is 11.3. The van der Waals surface area contributed by atoms with E-state index in [9.17, 15) is 19.5 Å². The quantitative estimate of drug-likeness (QED) is 0.468. The van der Waals surface area contributed by atoms with Crippen LogP contribution in [0.25, 0.3) is 0 Å². The average Bonchev–Trinajstić information content (AvgIpc) is 3.47. The lowest BCUT2D eigenvalue weighted by Gasteiger charge is -2.39. The third-order valence-electron chi connectivity index (χ3n) is 8.76. The predicted octanol–water partition coefficient (Wildman–Crippen LogP) is 4.09. The number of nitrogens with zero attached hydrogens (tertiary/aromatic N) is 1. The third kappa shape index (κ3) is 4.10. The summed E-state index contributed by atoms with van der Waals surface area (Å²) in [4.78, 5) is 43.5. The molecule has 9 heteroatoms. The molecule has 2 unspecified atom stereocenters. The molecule has 8 nitrogen and oxygen atoms in total. The van der Waals surface area contributed by atoms with Crippen molar-refractivity contribution in [1.29, 1.82) is 0 Å². The number of hydrogen-bond donors (Lipinski definition) is 3. The Hall–Kier alpha value is -2.94. The van der Waals surface area contributed by atoms with Gasteiger partial charge in [-0.15, -0.1) is 0 Å². The number of nitrogens with one attached hydrogen (secondary N) is 2. The molecular formula is C29H34ClN3O5. The molecule has 3 saturated heterocycles. The summed E-state index contributed by atoms with van der Waals surface area (Å²) in [5.74, 6) is -2.82. The standard InChI is InChI=1S/C29H34ClN3O5/c1-4-17(2)21(16-34)33-24(26(36)32-20-13-9-8-12-19(20)30)29-15-14-28(3,38-29)22(23(29)27(33)37)25(35)31-18-10-6-5-7-11-18/h5-13,17,21-24,34H,4,14-16H2,1-3H3,(H,31,35)(H,32,36)/t17-,21-,22-,23-,24?,28+,29?/m0/s1. The Morgan fingerprint density at radius 2 is 1.79 bits per heavy atom. The Kier molecular flexibility index (Phi) is 7.00. The van der Waals surface area contributed by atoms with Crippen molar-refractivity contribution in [3.63, 3.8) is 0 Å². The van der Waals surface area contributed by atoms with Gasteiger partial charge in [0, 0.05) is 5.69 Å². The number of fused-ring (bicyclic) bond motifs is 1. The maximum Gasteiger partial charge on any atom is 0.250 e. The number of aliphatic hydroxyl groups excluding tert-OH is 1. The number of para-hydroxylation sites is 2. The number of halogens is 1. The largest absolute Gasteiger partial charge is 0.394 e. The van der Waals surface area contributed by atoms with Gasteiger partial charge in [-0.25, -0.2) is 0 Å². The second kappa shape index (κ2) is 9.98. The number of carbonyl (C=O) groups is 3. The first-order valence-corrected chi connectivity index (χ1v) is 13.6. The summed E-state index contributed by atoms with van der Waals surface area (Å²) in [6, 6.07) is 14.3. The van der Waals surface area contributed by atoms with E-state index in [1.165, 1.54) is 4.90 Å². The predicted molar refractivity (Wildman–Crippen MR) is 145 cm³/mol. The summed E-state index contributed by atoms with van der Waals surface area (Å²) in [6.45, 7) is 5.47. The highest BCUT2D eigenvalue weighted by atomic mass is 35.5. The molecule has 0 aromatic heterocycles. The Balaban J connectivity index is 1.56. The van der Waals surface area contributed by atoms with Crippen molar-refractivity contribution in [2.75, 3.05) is 17.2 Å². The van der Waals surface area contributed by atoms with Crippen LogP contribution < -0.4 is 10.6 Å². The molecule has 3 amide bonds. The van der Waals surface area contributed by atoms with Crippen LogP contribution in [0.15, 0.2) is 54.6 Å². The lowest BCUT2D eigenvalue weighted by atomic mass is 9.66. The maximum atomic E-state index is 14.3. The molecule has 38 heavy (non-hydrogen) atoms. The van der Waals surface area contributed by atoms with Crippen LogP contribution in [0.5, 0.6) is 0 Å². The Bertz CT molecular complexity index is 1240. The third-order valence-corrected chi connectivity index (χ3v) is 9.09. The van der Waals surface area contributed by atoms with E-state index in [2.05, 4.69) is 10.6 Å². The van der Waals surface area contributed by atoms with Crippen LogP contribution in [0.3, 0.4) is 0 Å². The van der Waals surface area contributed by atoms with Crippen molar-refractivity contribution in [3.8, 4) is 0 Å². The molecule has 1 spiro atoms. The minimum Gasteiger partial charge on any atom is -0.394 e. The molecule has 5 rings (SSSR count). The fourth-order valence-corrected chi connectivity index (χ4v) is 6.92. The van der Waals surface area contributed by atoms with Crippen molar-refractivity contribution in [2.45, 2.75) is 63.3 Å². The first-order valence-electron chi connectivity index (χ1n) is 13.2. The van der Waals surface area contributed by atoms with Gasteiger partial charge in [0.1, 0.15) is 11.6 Å². The molecule has 3 fully saturated rings. The first kappa shape index (κ1) is 26.7. The van der Waals surface area contributed by atoms with Crippen molar-refractivity contribution in [3.05, 3.63) is 59.6 Å². The molecule has 202 valence electrons. The minimum absolute atomic E-state index is 0.0841. The highest BCUT2D eigenvalue weighted by molar-refractivity contribution is 6.33. The molecule has 2 bridgehead atoms. The number of benzene rings is 2. The molecule has 3 aliphatic rings. The number of aliphatic hydroxyl groups is 1. The van der Waals surface area contributed by atoms with Crippen LogP contribution in [-0.4, -0.2) is 57.6 Å². The van der Waals surface area contributed by atoms with Crippen LogP contribution in [0.4, 0.5) is 11.4 Å². The zero-order chi connectivity index (χ0) is 27.2. The molecule has 0 saturated carbocycles. The maximum absolute atomic E-state index is 14.3. The molecule has 3 heterocycles. The normalized spacial score (nSPS) is 31.1. The zero-order valence-electron chi connectivity index (χ0n) is 21.8. The van der Waals surface area contributed by atoms with E-state index in [-0.39, 0.29) is 24.3 Å². The fraction of sp³-hybridized carbons (Fsp3) is 0.483.